The first-order valence-electron chi connectivity index (χ1n) is 8.99. The number of unbranched alkanes of at least 4 members (excludes halogenated alkanes) is 1. The maximum Gasteiger partial charge on any atom is 0.226 e. The van der Waals surface area contributed by atoms with Crippen molar-refractivity contribution >= 4 is 0 Å². The lowest BCUT2D eigenvalue weighted by Crippen LogP contribution is -2.03. The number of hydrogen-bond donors (Lipinski definition) is 0. The van der Waals surface area contributed by atoms with Crippen LogP contribution in [-0.4, -0.2) is 11.6 Å². The molecular weight excluding hydrogens is 310 g/mol. The van der Waals surface area contributed by atoms with Crippen LogP contribution in [0, 0.1) is 6.92 Å². The van der Waals surface area contributed by atoms with E-state index in [-0.39, 0.29) is 0 Å². The lowest BCUT2D eigenvalue weighted by molar-refractivity contribution is 0.319. The van der Waals surface area contributed by atoms with Crippen molar-refractivity contribution in [2.75, 3.05) is 6.61 Å². The van der Waals surface area contributed by atoms with Crippen molar-refractivity contribution in [3.8, 4) is 17.2 Å². The van der Waals surface area contributed by atoms with Crippen molar-refractivity contribution < 1.29 is 9.15 Å². The fourth-order valence-electron chi connectivity index (χ4n) is 2.80. The zero-order valence-corrected chi connectivity index (χ0v) is 15.0. The van der Waals surface area contributed by atoms with Gasteiger partial charge < -0.3 is 9.15 Å². The monoisotopic (exact) mass is 335 g/mol. The summed E-state index contributed by atoms with van der Waals surface area (Å²) in [5.41, 5.74) is 3.30. The standard InChI is InChI=1S/C22H25NO2/c1-3-4-9-18-10-8-13-20(16-18)24-15-14-21-17(2)25-22(23-21)19-11-6-5-7-12-19/h5-8,10-13,16H,3-4,9,14-15H2,1-2H3. The molecule has 0 radical (unpaired) electrons. The third-order valence-electron chi connectivity index (χ3n) is 4.24. The molecule has 0 atom stereocenters. The number of oxazole rings is 1. The first-order valence-corrected chi connectivity index (χ1v) is 8.99. The molecule has 1 aromatic heterocycles. The van der Waals surface area contributed by atoms with Crippen molar-refractivity contribution in [1.29, 1.82) is 0 Å². The summed E-state index contributed by atoms with van der Waals surface area (Å²) in [4.78, 5) is 4.62. The number of ether oxygens (including phenoxy) is 1. The van der Waals surface area contributed by atoms with Gasteiger partial charge in [-0.05, 0) is 49.6 Å². The Kier molecular flexibility index (Phi) is 5.89. The Labute approximate surface area is 149 Å². The number of hydrogen-bond acceptors (Lipinski definition) is 3. The van der Waals surface area contributed by atoms with Crippen LogP contribution in [0.3, 0.4) is 0 Å². The second-order valence-electron chi connectivity index (χ2n) is 6.24. The molecule has 0 saturated carbocycles. The van der Waals surface area contributed by atoms with E-state index in [0.29, 0.717) is 12.5 Å². The Balaban J connectivity index is 1.58. The van der Waals surface area contributed by atoms with Crippen molar-refractivity contribution in [2.45, 2.75) is 39.5 Å². The van der Waals surface area contributed by atoms with Gasteiger partial charge in [-0.25, -0.2) is 4.98 Å². The lowest BCUT2D eigenvalue weighted by atomic mass is 10.1. The number of nitrogens with zero attached hydrogens (tertiary/aromatic N) is 1. The fourth-order valence-corrected chi connectivity index (χ4v) is 2.80. The molecule has 0 aliphatic heterocycles. The lowest BCUT2D eigenvalue weighted by Gasteiger charge is -2.07. The van der Waals surface area contributed by atoms with Crippen molar-refractivity contribution in [2.24, 2.45) is 0 Å². The maximum atomic E-state index is 5.92. The Hall–Kier alpha value is -2.55. The normalized spacial score (nSPS) is 10.8. The minimum atomic E-state index is 0.596. The van der Waals surface area contributed by atoms with E-state index in [1.54, 1.807) is 0 Å². The van der Waals surface area contributed by atoms with Gasteiger partial charge in [-0.2, -0.15) is 0 Å². The van der Waals surface area contributed by atoms with E-state index in [4.69, 9.17) is 9.15 Å². The smallest absolute Gasteiger partial charge is 0.226 e. The van der Waals surface area contributed by atoms with Gasteiger partial charge in [-0.3, -0.25) is 0 Å². The summed E-state index contributed by atoms with van der Waals surface area (Å²) in [5.74, 6) is 2.46. The molecule has 0 N–H and O–H groups in total. The predicted octanol–water partition coefficient (Wildman–Crippen LogP) is 5.61. The Morgan fingerprint density at radius 3 is 2.64 bits per heavy atom. The van der Waals surface area contributed by atoms with Gasteiger partial charge in [0.1, 0.15) is 11.5 Å². The second-order valence-corrected chi connectivity index (χ2v) is 6.24. The predicted molar refractivity (Wildman–Crippen MR) is 101 cm³/mol. The van der Waals surface area contributed by atoms with Crippen LogP contribution in [0.25, 0.3) is 11.5 Å². The van der Waals surface area contributed by atoms with Gasteiger partial charge in [0.2, 0.25) is 5.89 Å². The van der Waals surface area contributed by atoms with E-state index in [1.165, 1.54) is 18.4 Å². The molecule has 25 heavy (non-hydrogen) atoms. The zero-order valence-electron chi connectivity index (χ0n) is 15.0. The molecule has 3 rings (SSSR count). The minimum Gasteiger partial charge on any atom is -0.493 e. The number of aromatic nitrogens is 1. The molecule has 0 amide bonds. The molecule has 3 nitrogen and oxygen atoms in total. The van der Waals surface area contributed by atoms with Gasteiger partial charge >= 0.3 is 0 Å². The fraction of sp³-hybridized carbons (Fsp3) is 0.318. The summed E-state index contributed by atoms with van der Waals surface area (Å²) >= 11 is 0. The molecule has 0 fully saturated rings. The van der Waals surface area contributed by atoms with Crippen LogP contribution in [0.2, 0.25) is 0 Å². The van der Waals surface area contributed by atoms with Gasteiger partial charge in [-0.1, -0.05) is 43.7 Å². The van der Waals surface area contributed by atoms with Crippen molar-refractivity contribution in [1.82, 2.24) is 4.98 Å². The van der Waals surface area contributed by atoms with E-state index in [9.17, 15) is 0 Å². The van der Waals surface area contributed by atoms with Crippen LogP contribution >= 0.6 is 0 Å². The molecule has 0 aliphatic carbocycles. The van der Waals surface area contributed by atoms with E-state index >= 15 is 0 Å². The molecule has 1 heterocycles. The summed E-state index contributed by atoms with van der Waals surface area (Å²) in [5, 5.41) is 0. The number of benzene rings is 2. The molecule has 0 spiro atoms. The van der Waals surface area contributed by atoms with Gasteiger partial charge in [0.25, 0.3) is 0 Å². The zero-order chi connectivity index (χ0) is 17.5. The average molecular weight is 335 g/mol. The molecule has 3 aromatic rings. The third kappa shape index (κ3) is 4.72. The quantitative estimate of drug-likeness (QED) is 0.536. The van der Waals surface area contributed by atoms with Crippen LogP contribution < -0.4 is 4.74 Å². The Morgan fingerprint density at radius 1 is 1.00 bits per heavy atom. The highest BCUT2D eigenvalue weighted by molar-refractivity contribution is 5.53. The summed E-state index contributed by atoms with van der Waals surface area (Å²) in [6.45, 7) is 4.77. The van der Waals surface area contributed by atoms with Crippen LogP contribution in [0.15, 0.2) is 59.0 Å². The Morgan fingerprint density at radius 2 is 1.84 bits per heavy atom. The number of rotatable bonds is 8. The highest BCUT2D eigenvalue weighted by Gasteiger charge is 2.11. The second kappa shape index (κ2) is 8.52. The average Bonchev–Trinajstić information content (AvgIpc) is 3.02. The van der Waals surface area contributed by atoms with Crippen LogP contribution in [0.5, 0.6) is 5.75 Å². The van der Waals surface area contributed by atoms with Crippen LogP contribution in [0.4, 0.5) is 0 Å². The molecule has 0 saturated heterocycles. The molecule has 0 bridgehead atoms. The minimum absolute atomic E-state index is 0.596. The highest BCUT2D eigenvalue weighted by atomic mass is 16.5. The van der Waals surface area contributed by atoms with E-state index < -0.39 is 0 Å². The maximum absolute atomic E-state index is 5.92. The summed E-state index contributed by atoms with van der Waals surface area (Å²) < 4.78 is 11.7. The third-order valence-corrected chi connectivity index (χ3v) is 4.24. The number of aryl methyl sites for hydroxylation is 2. The van der Waals surface area contributed by atoms with Crippen molar-refractivity contribution in [3.63, 3.8) is 0 Å². The van der Waals surface area contributed by atoms with Gasteiger partial charge in [-0.15, -0.1) is 0 Å². The molecular formula is C22H25NO2. The topological polar surface area (TPSA) is 35.3 Å². The molecule has 3 heteroatoms. The van der Waals surface area contributed by atoms with Gasteiger partial charge in [0.15, 0.2) is 0 Å². The van der Waals surface area contributed by atoms with Crippen molar-refractivity contribution in [3.05, 3.63) is 71.6 Å². The Bertz CT molecular complexity index is 793. The largest absolute Gasteiger partial charge is 0.493 e. The molecule has 0 unspecified atom stereocenters. The SMILES string of the molecule is CCCCc1cccc(OCCc2nc(-c3ccccc3)oc2C)c1. The summed E-state index contributed by atoms with van der Waals surface area (Å²) in [7, 11) is 0. The first kappa shape index (κ1) is 17.3. The van der Waals surface area contributed by atoms with E-state index in [1.807, 2.05) is 43.3 Å². The first-order chi connectivity index (χ1) is 12.3. The summed E-state index contributed by atoms with van der Waals surface area (Å²) in [6, 6.07) is 18.4. The van der Waals surface area contributed by atoms with Crippen LogP contribution in [-0.2, 0) is 12.8 Å². The molecule has 2 aromatic carbocycles. The van der Waals surface area contributed by atoms with Gasteiger partial charge in [0.05, 0.1) is 12.3 Å². The molecule has 130 valence electrons. The van der Waals surface area contributed by atoms with E-state index in [2.05, 4.69) is 30.1 Å². The molecule has 0 aliphatic rings. The van der Waals surface area contributed by atoms with Crippen LogP contribution in [0.1, 0.15) is 36.8 Å². The van der Waals surface area contributed by atoms with E-state index in [0.717, 1.165) is 35.6 Å². The highest BCUT2D eigenvalue weighted by Crippen LogP contribution is 2.22. The summed E-state index contributed by atoms with van der Waals surface area (Å²) in [6.07, 6.45) is 4.27. The van der Waals surface area contributed by atoms with Gasteiger partial charge in [0, 0.05) is 12.0 Å².